The van der Waals surface area contributed by atoms with Gasteiger partial charge in [-0.1, -0.05) is 18.2 Å². The van der Waals surface area contributed by atoms with Crippen LogP contribution in [0.25, 0.3) is 0 Å². The second-order valence-corrected chi connectivity index (χ2v) is 4.98. The molecule has 1 atom stereocenters. The van der Waals surface area contributed by atoms with Crippen LogP contribution in [0.2, 0.25) is 0 Å². The van der Waals surface area contributed by atoms with E-state index in [9.17, 15) is 18.4 Å². The molecule has 0 bridgehead atoms. The van der Waals surface area contributed by atoms with E-state index in [0.29, 0.717) is 5.56 Å². The minimum absolute atomic E-state index is 0.242. The summed E-state index contributed by atoms with van der Waals surface area (Å²) in [5, 5.41) is 2.43. The SMILES string of the molecule is Cc1ccc(NC(=O)[C@@H](C)OC(=O)c2ccccc2F)cc1F. The van der Waals surface area contributed by atoms with Gasteiger partial charge in [0.15, 0.2) is 6.10 Å². The number of hydrogen-bond acceptors (Lipinski definition) is 3. The number of amides is 1. The van der Waals surface area contributed by atoms with E-state index in [2.05, 4.69) is 5.32 Å². The molecule has 0 aromatic heterocycles. The van der Waals surface area contributed by atoms with Gasteiger partial charge >= 0.3 is 5.97 Å². The zero-order chi connectivity index (χ0) is 17.0. The molecule has 2 rings (SSSR count). The Labute approximate surface area is 132 Å². The molecular weight excluding hydrogens is 304 g/mol. The number of carbonyl (C=O) groups is 2. The van der Waals surface area contributed by atoms with Crippen LogP contribution in [0.3, 0.4) is 0 Å². The number of rotatable bonds is 4. The first kappa shape index (κ1) is 16.6. The molecule has 2 aromatic rings. The summed E-state index contributed by atoms with van der Waals surface area (Å²) >= 11 is 0. The molecule has 0 spiro atoms. The largest absolute Gasteiger partial charge is 0.449 e. The summed E-state index contributed by atoms with van der Waals surface area (Å²) in [6.45, 7) is 2.94. The van der Waals surface area contributed by atoms with Crippen LogP contribution in [0.4, 0.5) is 14.5 Å². The predicted molar refractivity (Wildman–Crippen MR) is 81.0 cm³/mol. The monoisotopic (exact) mass is 319 g/mol. The van der Waals surface area contributed by atoms with E-state index in [1.54, 1.807) is 6.92 Å². The Morgan fingerprint density at radius 1 is 1.09 bits per heavy atom. The number of carbonyl (C=O) groups excluding carboxylic acids is 2. The molecule has 0 aliphatic heterocycles. The van der Waals surface area contributed by atoms with Gasteiger partial charge in [-0.15, -0.1) is 0 Å². The fourth-order valence-electron chi connectivity index (χ4n) is 1.82. The molecule has 0 radical (unpaired) electrons. The van der Waals surface area contributed by atoms with Crippen molar-refractivity contribution in [1.29, 1.82) is 0 Å². The molecule has 2 aromatic carbocycles. The fraction of sp³-hybridized carbons (Fsp3) is 0.176. The molecule has 1 N–H and O–H groups in total. The molecule has 0 heterocycles. The number of anilines is 1. The Bertz CT molecular complexity index is 746. The highest BCUT2D eigenvalue weighted by molar-refractivity contribution is 5.97. The van der Waals surface area contributed by atoms with Crippen LogP contribution in [0.5, 0.6) is 0 Å². The van der Waals surface area contributed by atoms with Gasteiger partial charge in [0.05, 0.1) is 5.56 Å². The molecular formula is C17H15F2NO3. The number of hydrogen-bond donors (Lipinski definition) is 1. The van der Waals surface area contributed by atoms with Crippen LogP contribution < -0.4 is 5.32 Å². The minimum atomic E-state index is -1.16. The van der Waals surface area contributed by atoms with Crippen LogP contribution in [-0.2, 0) is 9.53 Å². The summed E-state index contributed by atoms with van der Waals surface area (Å²) in [5.41, 5.74) is 0.433. The topological polar surface area (TPSA) is 55.4 Å². The number of ether oxygens (including phenoxy) is 1. The van der Waals surface area contributed by atoms with Crippen LogP contribution in [0.15, 0.2) is 42.5 Å². The van der Waals surface area contributed by atoms with Crippen molar-refractivity contribution in [3.63, 3.8) is 0 Å². The lowest BCUT2D eigenvalue weighted by Crippen LogP contribution is -2.30. The Morgan fingerprint density at radius 2 is 1.78 bits per heavy atom. The fourth-order valence-corrected chi connectivity index (χ4v) is 1.82. The second kappa shape index (κ2) is 7.00. The lowest BCUT2D eigenvalue weighted by Gasteiger charge is -2.14. The van der Waals surface area contributed by atoms with Crippen LogP contribution in [0, 0.1) is 18.6 Å². The van der Waals surface area contributed by atoms with Crippen LogP contribution >= 0.6 is 0 Å². The van der Waals surface area contributed by atoms with Gasteiger partial charge in [-0.25, -0.2) is 13.6 Å². The lowest BCUT2D eigenvalue weighted by atomic mass is 10.2. The molecule has 1 amide bonds. The third-order valence-corrected chi connectivity index (χ3v) is 3.19. The number of halogens is 2. The zero-order valence-electron chi connectivity index (χ0n) is 12.6. The van der Waals surface area contributed by atoms with E-state index < -0.39 is 29.6 Å². The van der Waals surface area contributed by atoms with Crippen molar-refractivity contribution in [3.8, 4) is 0 Å². The summed E-state index contributed by atoms with van der Waals surface area (Å²) in [4.78, 5) is 23.8. The van der Waals surface area contributed by atoms with E-state index in [0.717, 1.165) is 6.07 Å². The van der Waals surface area contributed by atoms with Crippen LogP contribution in [-0.4, -0.2) is 18.0 Å². The lowest BCUT2D eigenvalue weighted by molar-refractivity contribution is -0.123. The van der Waals surface area contributed by atoms with Gasteiger partial charge in [-0.3, -0.25) is 4.79 Å². The third-order valence-electron chi connectivity index (χ3n) is 3.19. The molecule has 0 saturated carbocycles. The highest BCUT2D eigenvalue weighted by Gasteiger charge is 2.21. The summed E-state index contributed by atoms with van der Waals surface area (Å²) in [6.07, 6.45) is -1.16. The normalized spacial score (nSPS) is 11.7. The van der Waals surface area contributed by atoms with Gasteiger partial charge in [0.25, 0.3) is 5.91 Å². The summed E-state index contributed by atoms with van der Waals surface area (Å²) < 4.78 is 31.8. The standard InChI is InChI=1S/C17H15F2NO3/c1-10-7-8-12(9-15(10)19)20-16(21)11(2)23-17(22)13-5-3-4-6-14(13)18/h3-9,11H,1-2H3,(H,20,21)/t11-/m1/s1. The maximum atomic E-state index is 13.5. The van der Waals surface area contributed by atoms with Gasteiger partial charge in [-0.2, -0.15) is 0 Å². The van der Waals surface area contributed by atoms with Crippen molar-refractivity contribution in [2.24, 2.45) is 0 Å². The van der Waals surface area contributed by atoms with Crippen molar-refractivity contribution < 1.29 is 23.1 Å². The average Bonchev–Trinajstić information content (AvgIpc) is 2.51. The molecule has 0 aliphatic carbocycles. The smallest absolute Gasteiger partial charge is 0.341 e. The van der Waals surface area contributed by atoms with E-state index in [-0.39, 0.29) is 11.3 Å². The van der Waals surface area contributed by atoms with Crippen molar-refractivity contribution in [1.82, 2.24) is 0 Å². The molecule has 6 heteroatoms. The predicted octanol–water partition coefficient (Wildman–Crippen LogP) is 3.46. The Balaban J connectivity index is 2.01. The number of esters is 1. The first-order valence-corrected chi connectivity index (χ1v) is 6.91. The van der Waals surface area contributed by atoms with Gasteiger partial charge in [-0.05, 0) is 43.7 Å². The Kier molecular flexibility index (Phi) is 5.05. The molecule has 0 saturated heterocycles. The molecule has 4 nitrogen and oxygen atoms in total. The van der Waals surface area contributed by atoms with Gasteiger partial charge in [0.2, 0.25) is 0 Å². The van der Waals surface area contributed by atoms with E-state index in [4.69, 9.17) is 4.74 Å². The van der Waals surface area contributed by atoms with Crippen LogP contribution in [0.1, 0.15) is 22.8 Å². The van der Waals surface area contributed by atoms with Gasteiger partial charge < -0.3 is 10.1 Å². The molecule has 23 heavy (non-hydrogen) atoms. The summed E-state index contributed by atoms with van der Waals surface area (Å²) in [7, 11) is 0. The van der Waals surface area contributed by atoms with E-state index >= 15 is 0 Å². The maximum Gasteiger partial charge on any atom is 0.341 e. The zero-order valence-corrected chi connectivity index (χ0v) is 12.6. The first-order valence-electron chi connectivity index (χ1n) is 6.91. The summed E-state index contributed by atoms with van der Waals surface area (Å²) in [6, 6.07) is 9.52. The number of nitrogens with one attached hydrogen (secondary N) is 1. The number of benzene rings is 2. The van der Waals surface area contributed by atoms with Crippen molar-refractivity contribution in [3.05, 3.63) is 65.2 Å². The number of aryl methyl sites for hydroxylation is 1. The maximum absolute atomic E-state index is 13.5. The average molecular weight is 319 g/mol. The quantitative estimate of drug-likeness (QED) is 0.878. The van der Waals surface area contributed by atoms with Gasteiger partial charge in [0.1, 0.15) is 11.6 Å². The highest BCUT2D eigenvalue weighted by Crippen LogP contribution is 2.15. The first-order chi connectivity index (χ1) is 10.9. The van der Waals surface area contributed by atoms with Crippen molar-refractivity contribution in [2.75, 3.05) is 5.32 Å². The summed E-state index contributed by atoms with van der Waals surface area (Å²) in [5.74, 6) is -2.77. The second-order valence-electron chi connectivity index (χ2n) is 4.98. The molecule has 0 aliphatic rings. The van der Waals surface area contributed by atoms with E-state index in [1.165, 1.54) is 43.3 Å². The Morgan fingerprint density at radius 3 is 2.43 bits per heavy atom. The third kappa shape index (κ3) is 4.12. The van der Waals surface area contributed by atoms with Gasteiger partial charge in [0, 0.05) is 5.69 Å². The minimum Gasteiger partial charge on any atom is -0.449 e. The molecule has 0 unspecified atom stereocenters. The van der Waals surface area contributed by atoms with Crippen molar-refractivity contribution >= 4 is 17.6 Å². The highest BCUT2D eigenvalue weighted by atomic mass is 19.1. The molecule has 0 fully saturated rings. The molecule has 120 valence electrons. The Hall–Kier alpha value is -2.76. The van der Waals surface area contributed by atoms with Crippen molar-refractivity contribution in [2.45, 2.75) is 20.0 Å². The van der Waals surface area contributed by atoms with E-state index in [1.807, 2.05) is 0 Å².